The van der Waals surface area contributed by atoms with Gasteiger partial charge in [-0.15, -0.1) is 0 Å². The highest BCUT2D eigenvalue weighted by Gasteiger charge is 2.24. The third-order valence-corrected chi connectivity index (χ3v) is 5.06. The van der Waals surface area contributed by atoms with E-state index in [2.05, 4.69) is 4.98 Å². The molecule has 0 spiro atoms. The van der Waals surface area contributed by atoms with Crippen molar-refractivity contribution in [3.05, 3.63) is 55.0 Å². The van der Waals surface area contributed by atoms with E-state index in [-0.39, 0.29) is 21.5 Å². The minimum Gasteiger partial charge on any atom is -0.393 e. The summed E-state index contributed by atoms with van der Waals surface area (Å²) >= 11 is 19.1. The van der Waals surface area contributed by atoms with Crippen LogP contribution in [-0.2, 0) is 0 Å². The fraction of sp³-hybridized carbons (Fsp3) is 0.294. The molecule has 8 heteroatoms. The third kappa shape index (κ3) is 3.11. The van der Waals surface area contributed by atoms with Crippen LogP contribution in [0.25, 0.3) is 16.6 Å². The molecule has 1 atom stereocenters. The maximum Gasteiger partial charge on any atom is 0.191 e. The van der Waals surface area contributed by atoms with Gasteiger partial charge in [-0.2, -0.15) is 0 Å². The molecule has 2 N–H and O–H groups in total. The van der Waals surface area contributed by atoms with Gasteiger partial charge in [-0.3, -0.25) is 9.78 Å². The van der Waals surface area contributed by atoms with E-state index in [1.165, 1.54) is 12.3 Å². The van der Waals surface area contributed by atoms with Gasteiger partial charge < -0.3 is 14.8 Å². The Labute approximate surface area is 158 Å². The van der Waals surface area contributed by atoms with E-state index in [1.807, 2.05) is 6.08 Å². The summed E-state index contributed by atoms with van der Waals surface area (Å²) in [6.07, 6.45) is 3.23. The molecule has 2 aromatic rings. The summed E-state index contributed by atoms with van der Waals surface area (Å²) in [5.74, 6) is 0. The summed E-state index contributed by atoms with van der Waals surface area (Å²) in [5, 5.41) is 20.7. The number of aromatic nitrogens is 2. The topological polar surface area (TPSA) is 75.3 Å². The molecule has 0 aromatic carbocycles. The molecular formula is C17H15Cl3N2O3. The van der Waals surface area contributed by atoms with Crippen LogP contribution in [0, 0.1) is 6.92 Å². The second-order valence-corrected chi connectivity index (χ2v) is 7.01. The zero-order valence-corrected chi connectivity index (χ0v) is 15.5. The number of hydrogen-bond donors (Lipinski definition) is 2. The van der Waals surface area contributed by atoms with Crippen molar-refractivity contribution in [1.29, 1.82) is 0 Å². The Morgan fingerprint density at radius 2 is 2.08 bits per heavy atom. The highest BCUT2D eigenvalue weighted by Crippen LogP contribution is 2.38. The molecule has 0 radical (unpaired) electrons. The number of pyridine rings is 2. The fourth-order valence-electron chi connectivity index (χ4n) is 2.98. The van der Waals surface area contributed by atoms with Crippen molar-refractivity contribution in [2.45, 2.75) is 25.9 Å². The Morgan fingerprint density at radius 3 is 2.72 bits per heavy atom. The quantitative estimate of drug-likeness (QED) is 0.822. The van der Waals surface area contributed by atoms with E-state index in [1.54, 1.807) is 11.5 Å². The molecule has 0 fully saturated rings. The Hall–Kier alpha value is -1.37. The molecule has 1 aliphatic rings. The SMILES string of the molecule is Cc1cc(=O)c2c(C(O)CO)ncc(Cl)c2n1C1=C(Cl)CCC=C1Cl. The lowest BCUT2D eigenvalue weighted by molar-refractivity contribution is 0.0934. The van der Waals surface area contributed by atoms with Crippen LogP contribution in [0.2, 0.25) is 5.02 Å². The number of allylic oxidation sites excluding steroid dienone is 4. The van der Waals surface area contributed by atoms with Gasteiger partial charge in [-0.05, 0) is 19.8 Å². The van der Waals surface area contributed by atoms with E-state index in [9.17, 15) is 15.0 Å². The third-order valence-electron chi connectivity index (χ3n) is 4.08. The van der Waals surface area contributed by atoms with Crippen LogP contribution in [0.5, 0.6) is 0 Å². The minimum absolute atomic E-state index is 0.0632. The zero-order valence-electron chi connectivity index (χ0n) is 13.3. The maximum absolute atomic E-state index is 12.6. The van der Waals surface area contributed by atoms with E-state index >= 15 is 0 Å². The summed E-state index contributed by atoms with van der Waals surface area (Å²) in [6.45, 7) is 1.18. The van der Waals surface area contributed by atoms with Crippen LogP contribution >= 0.6 is 34.8 Å². The molecule has 0 aliphatic heterocycles. The lowest BCUT2D eigenvalue weighted by Crippen LogP contribution is -2.18. The Balaban J connectivity index is 2.50. The van der Waals surface area contributed by atoms with Gasteiger partial charge in [0.1, 0.15) is 6.10 Å². The monoisotopic (exact) mass is 400 g/mol. The number of hydrogen-bond acceptors (Lipinski definition) is 4. The van der Waals surface area contributed by atoms with Crippen LogP contribution in [0.4, 0.5) is 0 Å². The van der Waals surface area contributed by atoms with Gasteiger partial charge in [0, 0.05) is 23.0 Å². The van der Waals surface area contributed by atoms with E-state index < -0.39 is 12.7 Å². The lowest BCUT2D eigenvalue weighted by Gasteiger charge is -2.23. The van der Waals surface area contributed by atoms with Crippen LogP contribution in [0.3, 0.4) is 0 Å². The normalized spacial score (nSPS) is 16.3. The molecule has 0 saturated carbocycles. The largest absolute Gasteiger partial charge is 0.393 e. The number of halogens is 3. The highest BCUT2D eigenvalue weighted by atomic mass is 35.5. The predicted molar refractivity (Wildman–Crippen MR) is 100 cm³/mol. The predicted octanol–water partition coefficient (Wildman–Crippen LogP) is 3.71. The number of rotatable bonds is 3. The van der Waals surface area contributed by atoms with Crippen molar-refractivity contribution < 1.29 is 10.2 Å². The number of nitrogens with zero attached hydrogens (tertiary/aromatic N) is 2. The summed E-state index contributed by atoms with van der Waals surface area (Å²) in [7, 11) is 0. The average molecular weight is 402 g/mol. The van der Waals surface area contributed by atoms with E-state index in [0.717, 1.165) is 6.42 Å². The molecular weight excluding hydrogens is 387 g/mol. The first kappa shape index (κ1) is 18.4. The van der Waals surface area contributed by atoms with Crippen molar-refractivity contribution in [2.24, 2.45) is 0 Å². The molecule has 2 aromatic heterocycles. The average Bonchev–Trinajstić information content (AvgIpc) is 2.57. The first-order valence-electron chi connectivity index (χ1n) is 7.61. The second-order valence-electron chi connectivity index (χ2n) is 5.74. The second kappa shape index (κ2) is 7.09. The molecule has 1 aliphatic carbocycles. The lowest BCUT2D eigenvalue weighted by atomic mass is 10.1. The molecule has 0 bridgehead atoms. The molecule has 2 heterocycles. The molecule has 5 nitrogen and oxygen atoms in total. The maximum atomic E-state index is 12.6. The number of aryl methyl sites for hydroxylation is 1. The molecule has 132 valence electrons. The van der Waals surface area contributed by atoms with Crippen molar-refractivity contribution in [3.63, 3.8) is 0 Å². The van der Waals surface area contributed by atoms with Gasteiger partial charge in [0.2, 0.25) is 0 Å². The van der Waals surface area contributed by atoms with Gasteiger partial charge in [-0.1, -0.05) is 40.9 Å². The standard InChI is InChI=1S/C17H15Cl3N2O3/c1-8-5-12(24)14-15(13(25)7-23)21-6-11(20)17(14)22(8)16-9(18)3-2-4-10(16)19/h3,5-6,13,23,25H,2,4,7H2,1H3. The molecule has 1 unspecified atom stereocenters. The zero-order chi connectivity index (χ0) is 18.3. The summed E-state index contributed by atoms with van der Waals surface area (Å²) in [6, 6.07) is 1.41. The van der Waals surface area contributed by atoms with Crippen molar-refractivity contribution in [2.75, 3.05) is 6.61 Å². The Morgan fingerprint density at radius 1 is 1.36 bits per heavy atom. The van der Waals surface area contributed by atoms with Crippen molar-refractivity contribution in [3.8, 4) is 0 Å². The summed E-state index contributed by atoms with van der Waals surface area (Å²) in [4.78, 5) is 16.6. The van der Waals surface area contributed by atoms with E-state index in [4.69, 9.17) is 34.8 Å². The Kier molecular flexibility index (Phi) is 5.23. The first-order chi connectivity index (χ1) is 11.9. The highest BCUT2D eigenvalue weighted by molar-refractivity contribution is 6.41. The van der Waals surface area contributed by atoms with Gasteiger partial charge in [-0.25, -0.2) is 0 Å². The number of aliphatic hydroxyl groups is 2. The van der Waals surface area contributed by atoms with E-state index in [0.29, 0.717) is 33.4 Å². The first-order valence-corrected chi connectivity index (χ1v) is 8.75. The molecule has 3 rings (SSSR count). The Bertz CT molecular complexity index is 979. The van der Waals surface area contributed by atoms with Gasteiger partial charge in [0.15, 0.2) is 5.43 Å². The van der Waals surface area contributed by atoms with Crippen LogP contribution in [0.15, 0.2) is 33.2 Å². The van der Waals surface area contributed by atoms with Gasteiger partial charge >= 0.3 is 0 Å². The summed E-state index contributed by atoms with van der Waals surface area (Å²) in [5.41, 5.74) is 1.21. The smallest absolute Gasteiger partial charge is 0.191 e. The van der Waals surface area contributed by atoms with Gasteiger partial charge in [0.25, 0.3) is 0 Å². The van der Waals surface area contributed by atoms with Gasteiger partial charge in [0.05, 0.1) is 39.0 Å². The number of fused-ring (bicyclic) bond motifs is 1. The molecule has 0 saturated heterocycles. The minimum atomic E-state index is -1.30. The van der Waals surface area contributed by atoms with Crippen LogP contribution < -0.4 is 5.43 Å². The van der Waals surface area contributed by atoms with Crippen LogP contribution in [-0.4, -0.2) is 26.4 Å². The van der Waals surface area contributed by atoms with Crippen molar-refractivity contribution in [1.82, 2.24) is 9.55 Å². The molecule has 0 amide bonds. The van der Waals surface area contributed by atoms with Crippen molar-refractivity contribution >= 4 is 51.4 Å². The van der Waals surface area contributed by atoms with Crippen LogP contribution in [0.1, 0.15) is 30.3 Å². The molecule has 25 heavy (non-hydrogen) atoms. The summed E-state index contributed by atoms with van der Waals surface area (Å²) < 4.78 is 1.70. The fourth-order valence-corrected chi connectivity index (χ4v) is 3.86. The number of aliphatic hydroxyl groups excluding tert-OH is 2.